The average Bonchev–Trinajstić information content (AvgIpc) is 3.03. The first kappa shape index (κ1) is 16.1. The largest absolute Gasteiger partial charge is 0.467 e. The maximum atomic E-state index is 12.7. The lowest BCUT2D eigenvalue weighted by Crippen LogP contribution is -2.48. The normalized spacial score (nSPS) is 27.3. The molecule has 2 aromatic rings. The number of carbonyl (C=O) groups is 2. The van der Waals surface area contributed by atoms with Gasteiger partial charge < -0.3 is 14.1 Å². The highest BCUT2D eigenvalue weighted by Crippen LogP contribution is 2.49. The number of carbonyl (C=O) groups excluding carboxylic acids is 2. The third kappa shape index (κ3) is 2.34. The number of hydrogen-bond donors (Lipinski definition) is 0. The molecule has 3 atom stereocenters. The molecule has 3 heterocycles. The van der Waals surface area contributed by atoms with Gasteiger partial charge in [0.15, 0.2) is 0 Å². The number of allylic oxidation sites excluding steroid dienone is 1. The first-order valence-electron chi connectivity index (χ1n) is 8.70. The van der Waals surface area contributed by atoms with E-state index in [1.54, 1.807) is 0 Å². The van der Waals surface area contributed by atoms with Gasteiger partial charge in [-0.1, -0.05) is 29.8 Å². The van der Waals surface area contributed by atoms with E-state index in [-0.39, 0.29) is 24.0 Å². The van der Waals surface area contributed by atoms with E-state index in [2.05, 4.69) is 33.7 Å². The third-order valence-electron chi connectivity index (χ3n) is 5.68. The van der Waals surface area contributed by atoms with Crippen molar-refractivity contribution in [3.8, 4) is 0 Å². The van der Waals surface area contributed by atoms with Gasteiger partial charge in [-0.25, -0.2) is 4.79 Å². The molecule has 130 valence electrons. The summed E-state index contributed by atoms with van der Waals surface area (Å²) < 4.78 is 7.31. The Kier molecular flexibility index (Phi) is 3.96. The second kappa shape index (κ2) is 6.15. The van der Waals surface area contributed by atoms with Crippen molar-refractivity contribution in [2.75, 3.05) is 20.2 Å². The molecule has 4 rings (SSSR count). The minimum atomic E-state index is -0.347. The summed E-state index contributed by atoms with van der Waals surface area (Å²) in [6.07, 6.45) is 3.89. The van der Waals surface area contributed by atoms with Gasteiger partial charge in [0, 0.05) is 23.7 Å². The molecule has 5 nitrogen and oxygen atoms in total. The number of methoxy groups -OCH3 is 1. The molecule has 0 N–H and O–H groups in total. The Labute approximate surface area is 146 Å². The summed E-state index contributed by atoms with van der Waals surface area (Å²) in [6.45, 7) is 3.13. The fourth-order valence-corrected chi connectivity index (χ4v) is 4.57. The molecular weight excluding hydrogens is 316 g/mol. The van der Waals surface area contributed by atoms with Crippen molar-refractivity contribution in [2.45, 2.75) is 25.4 Å². The number of aromatic nitrogens is 1. The lowest BCUT2D eigenvalue weighted by Gasteiger charge is -2.47. The molecular formula is C20H22N2O3. The second-order valence-electron chi connectivity index (χ2n) is 6.78. The van der Waals surface area contributed by atoms with Gasteiger partial charge in [-0.05, 0) is 30.9 Å². The smallest absolute Gasteiger partial charge is 0.329 e. The molecule has 2 aliphatic rings. The highest BCUT2D eigenvalue weighted by molar-refractivity contribution is 5.86. The Morgan fingerprint density at radius 1 is 1.36 bits per heavy atom. The summed E-state index contributed by atoms with van der Waals surface area (Å²) >= 11 is 0. The van der Waals surface area contributed by atoms with Crippen LogP contribution in [0.4, 0.5) is 0 Å². The zero-order valence-corrected chi connectivity index (χ0v) is 14.5. The summed E-state index contributed by atoms with van der Waals surface area (Å²) in [6, 6.07) is 10.1. The number of para-hydroxylation sites is 1. The molecule has 0 unspecified atom stereocenters. The molecule has 0 saturated carbocycles. The number of esters is 1. The number of hydrogen-bond acceptors (Lipinski definition) is 4. The third-order valence-corrected chi connectivity index (χ3v) is 5.68. The van der Waals surface area contributed by atoms with Crippen molar-refractivity contribution < 1.29 is 14.3 Å². The first-order valence-corrected chi connectivity index (χ1v) is 8.70. The molecule has 2 bridgehead atoms. The van der Waals surface area contributed by atoms with Crippen LogP contribution in [0.1, 0.15) is 31.1 Å². The van der Waals surface area contributed by atoms with Crippen LogP contribution < -0.4 is 0 Å². The number of piperidine rings is 1. The number of likely N-dealkylation sites (tertiary alicyclic amines) is 1. The van der Waals surface area contributed by atoms with E-state index in [1.807, 2.05) is 19.1 Å². The molecule has 1 aromatic carbocycles. The van der Waals surface area contributed by atoms with Crippen LogP contribution in [0, 0.1) is 5.92 Å². The van der Waals surface area contributed by atoms with Crippen molar-refractivity contribution in [2.24, 2.45) is 5.92 Å². The van der Waals surface area contributed by atoms with Crippen LogP contribution >= 0.6 is 0 Å². The van der Waals surface area contributed by atoms with Crippen LogP contribution in [0.2, 0.25) is 0 Å². The number of benzene rings is 1. The predicted octanol–water partition coefficient (Wildman–Crippen LogP) is 2.88. The van der Waals surface area contributed by atoms with Gasteiger partial charge in [-0.2, -0.15) is 0 Å². The first-order chi connectivity index (χ1) is 12.2. The van der Waals surface area contributed by atoms with Crippen LogP contribution in [-0.2, 0) is 14.3 Å². The maximum Gasteiger partial charge on any atom is 0.329 e. The van der Waals surface area contributed by atoms with Gasteiger partial charge in [-0.3, -0.25) is 4.90 Å². The molecule has 1 fully saturated rings. The maximum absolute atomic E-state index is 12.7. The van der Waals surface area contributed by atoms with E-state index in [9.17, 15) is 9.59 Å². The summed E-state index contributed by atoms with van der Waals surface area (Å²) in [4.78, 5) is 26.1. The lowest BCUT2D eigenvalue weighted by molar-refractivity contribution is -0.147. The van der Waals surface area contributed by atoms with Gasteiger partial charge in [0.2, 0.25) is 0 Å². The number of rotatable bonds is 3. The zero-order valence-electron chi connectivity index (χ0n) is 14.5. The predicted molar refractivity (Wildman–Crippen MR) is 95.2 cm³/mol. The average molecular weight is 338 g/mol. The molecule has 0 aliphatic carbocycles. The number of fused-ring (bicyclic) bond motifs is 6. The number of aldehydes is 1. The van der Waals surface area contributed by atoms with E-state index < -0.39 is 0 Å². The molecule has 25 heavy (non-hydrogen) atoms. The second-order valence-corrected chi connectivity index (χ2v) is 6.78. The Morgan fingerprint density at radius 2 is 2.16 bits per heavy atom. The minimum Gasteiger partial charge on any atom is -0.467 e. The van der Waals surface area contributed by atoms with Gasteiger partial charge in [0.1, 0.15) is 12.3 Å². The molecule has 1 aromatic heterocycles. The standard InChI is InChI=1S/C20H22N2O3/c1-3-13-12-21(8-9-23)17-11-15(13)19(20(24)25-2)22-16-7-5-4-6-14(16)10-18(17)22/h3-7,9-10,15,17,19H,8,11-12H2,1-2H3/b13-3-/t15-,17-,19+/m0/s1. The van der Waals surface area contributed by atoms with Crippen LogP contribution in [-0.4, -0.2) is 41.9 Å². The summed E-state index contributed by atoms with van der Waals surface area (Å²) in [5.74, 6) is -0.0945. The monoisotopic (exact) mass is 338 g/mol. The van der Waals surface area contributed by atoms with Crippen LogP contribution in [0.15, 0.2) is 42.0 Å². The van der Waals surface area contributed by atoms with Gasteiger partial charge in [0.05, 0.1) is 19.7 Å². The highest BCUT2D eigenvalue weighted by Gasteiger charge is 2.46. The van der Waals surface area contributed by atoms with Crippen LogP contribution in [0.25, 0.3) is 10.9 Å². The molecule has 2 aliphatic heterocycles. The summed E-state index contributed by atoms with van der Waals surface area (Å²) in [5, 5.41) is 1.12. The van der Waals surface area contributed by atoms with Crippen molar-refractivity contribution in [1.29, 1.82) is 0 Å². The van der Waals surface area contributed by atoms with Gasteiger partial charge in [0.25, 0.3) is 0 Å². The summed E-state index contributed by atoms with van der Waals surface area (Å²) in [7, 11) is 1.45. The van der Waals surface area contributed by atoms with Gasteiger partial charge in [-0.15, -0.1) is 0 Å². The van der Waals surface area contributed by atoms with Crippen molar-refractivity contribution in [1.82, 2.24) is 9.47 Å². The van der Waals surface area contributed by atoms with Gasteiger partial charge >= 0.3 is 5.97 Å². The van der Waals surface area contributed by atoms with Crippen molar-refractivity contribution >= 4 is 23.2 Å². The van der Waals surface area contributed by atoms with E-state index in [4.69, 9.17) is 4.74 Å². The SMILES string of the molecule is C/C=C1/CN(CC=O)[C@H]2C[C@@H]1[C@H](C(=O)OC)n1c2cc2ccccc21. The Hall–Kier alpha value is -2.40. The molecule has 1 saturated heterocycles. The quantitative estimate of drug-likeness (QED) is 0.491. The van der Waals surface area contributed by atoms with Crippen molar-refractivity contribution in [3.63, 3.8) is 0 Å². The number of ether oxygens (including phenoxy) is 1. The topological polar surface area (TPSA) is 51.5 Å². The minimum absolute atomic E-state index is 0.105. The zero-order chi connectivity index (χ0) is 17.6. The highest BCUT2D eigenvalue weighted by atomic mass is 16.5. The molecule has 0 radical (unpaired) electrons. The van der Waals surface area contributed by atoms with E-state index in [1.165, 1.54) is 12.7 Å². The summed E-state index contributed by atoms with van der Waals surface area (Å²) in [5.41, 5.74) is 3.35. The fraction of sp³-hybridized carbons (Fsp3) is 0.400. The van der Waals surface area contributed by atoms with Crippen LogP contribution in [0.3, 0.4) is 0 Å². The van der Waals surface area contributed by atoms with Crippen LogP contribution in [0.5, 0.6) is 0 Å². The van der Waals surface area contributed by atoms with E-state index in [0.29, 0.717) is 6.54 Å². The fourth-order valence-electron chi connectivity index (χ4n) is 4.57. The van der Waals surface area contributed by atoms with E-state index >= 15 is 0 Å². The molecule has 5 heteroatoms. The Morgan fingerprint density at radius 3 is 2.88 bits per heavy atom. The number of nitrogens with zero attached hydrogens (tertiary/aromatic N) is 2. The molecule has 0 spiro atoms. The Balaban J connectivity index is 1.96. The van der Waals surface area contributed by atoms with Crippen molar-refractivity contribution in [3.05, 3.63) is 47.7 Å². The van der Waals surface area contributed by atoms with E-state index in [0.717, 1.165) is 35.8 Å². The molecule has 0 amide bonds. The lowest BCUT2D eigenvalue weighted by atomic mass is 9.77. The Bertz CT molecular complexity index is 867.